The van der Waals surface area contributed by atoms with E-state index in [1.807, 2.05) is 0 Å². The van der Waals surface area contributed by atoms with Crippen molar-refractivity contribution >= 4 is 5.71 Å². The molecule has 22 heavy (non-hydrogen) atoms. The van der Waals surface area contributed by atoms with E-state index in [0.29, 0.717) is 6.04 Å². The van der Waals surface area contributed by atoms with E-state index in [1.54, 1.807) is 0 Å². The van der Waals surface area contributed by atoms with Crippen LogP contribution in [0, 0.1) is 0 Å². The van der Waals surface area contributed by atoms with Gasteiger partial charge in [0, 0.05) is 12.2 Å². The molecule has 1 aliphatic carbocycles. The monoisotopic (exact) mass is 296 g/mol. The fourth-order valence-corrected chi connectivity index (χ4v) is 3.45. The number of hydrogen-bond donors (Lipinski definition) is 1. The lowest BCUT2D eigenvalue weighted by molar-refractivity contribution is 0.444. The largest absolute Gasteiger partial charge is 0.388 e. The summed E-state index contributed by atoms with van der Waals surface area (Å²) in [5, 5.41) is 3.60. The van der Waals surface area contributed by atoms with Crippen molar-refractivity contribution in [3.8, 4) is 0 Å². The Hall–Kier alpha value is -1.57. The second-order valence-corrected chi connectivity index (χ2v) is 6.58. The zero-order valence-corrected chi connectivity index (χ0v) is 13.6. The third kappa shape index (κ3) is 4.46. The summed E-state index contributed by atoms with van der Waals surface area (Å²) in [4.78, 5) is 5.13. The van der Waals surface area contributed by atoms with Crippen LogP contribution in [0.25, 0.3) is 0 Å². The number of nitrogens with zero attached hydrogens (tertiary/aromatic N) is 1. The summed E-state index contributed by atoms with van der Waals surface area (Å²) in [6.45, 7) is 1.11. The predicted molar refractivity (Wildman–Crippen MR) is 94.4 cm³/mol. The molecule has 1 heterocycles. The maximum Gasteiger partial charge on any atom is 0.0667 e. The van der Waals surface area contributed by atoms with Crippen molar-refractivity contribution in [2.45, 2.75) is 63.8 Å². The Morgan fingerprint density at radius 3 is 2.55 bits per heavy atom. The Labute approximate surface area is 134 Å². The van der Waals surface area contributed by atoms with E-state index in [2.05, 4.69) is 41.7 Å². The van der Waals surface area contributed by atoms with Gasteiger partial charge < -0.3 is 5.32 Å². The van der Waals surface area contributed by atoms with Crippen molar-refractivity contribution in [3.63, 3.8) is 0 Å². The number of aliphatic imine (C=N–C) groups is 1. The molecule has 1 aromatic rings. The SMILES string of the molecule is C(=C1\CCCCCN1)/C(=N/C1CCCCC1)c1ccccc1. The van der Waals surface area contributed by atoms with E-state index in [4.69, 9.17) is 4.99 Å². The summed E-state index contributed by atoms with van der Waals surface area (Å²) >= 11 is 0. The Morgan fingerprint density at radius 2 is 1.73 bits per heavy atom. The molecular weight excluding hydrogens is 268 g/mol. The zero-order chi connectivity index (χ0) is 15.0. The smallest absolute Gasteiger partial charge is 0.0667 e. The molecule has 2 aliphatic rings. The lowest BCUT2D eigenvalue weighted by Gasteiger charge is -2.19. The summed E-state index contributed by atoms with van der Waals surface area (Å²) in [7, 11) is 0. The van der Waals surface area contributed by atoms with Gasteiger partial charge in [-0.1, -0.05) is 56.0 Å². The Balaban J connectivity index is 1.85. The van der Waals surface area contributed by atoms with Crippen LogP contribution >= 0.6 is 0 Å². The molecule has 1 aromatic carbocycles. The molecule has 0 bridgehead atoms. The topological polar surface area (TPSA) is 24.4 Å². The first-order valence-corrected chi connectivity index (χ1v) is 8.99. The molecule has 1 aliphatic heterocycles. The molecule has 0 unspecified atom stereocenters. The van der Waals surface area contributed by atoms with Crippen molar-refractivity contribution in [1.29, 1.82) is 0 Å². The van der Waals surface area contributed by atoms with Gasteiger partial charge in [0.1, 0.15) is 0 Å². The van der Waals surface area contributed by atoms with Crippen LogP contribution in [0.3, 0.4) is 0 Å². The van der Waals surface area contributed by atoms with Crippen LogP contribution < -0.4 is 5.32 Å². The summed E-state index contributed by atoms with van der Waals surface area (Å²) in [5.74, 6) is 0. The molecule has 3 rings (SSSR count). The summed E-state index contributed by atoms with van der Waals surface area (Å²) in [6, 6.07) is 11.2. The van der Waals surface area contributed by atoms with Gasteiger partial charge in [-0.2, -0.15) is 0 Å². The van der Waals surface area contributed by atoms with E-state index in [1.165, 1.54) is 68.3 Å². The van der Waals surface area contributed by atoms with Gasteiger partial charge in [-0.15, -0.1) is 0 Å². The van der Waals surface area contributed by atoms with Crippen LogP contribution in [-0.4, -0.2) is 18.3 Å². The van der Waals surface area contributed by atoms with Gasteiger partial charge in [-0.3, -0.25) is 4.99 Å². The molecule has 1 saturated heterocycles. The van der Waals surface area contributed by atoms with Crippen molar-refractivity contribution in [1.82, 2.24) is 5.32 Å². The highest BCUT2D eigenvalue weighted by molar-refractivity contribution is 6.09. The van der Waals surface area contributed by atoms with Crippen LogP contribution in [-0.2, 0) is 0 Å². The van der Waals surface area contributed by atoms with Gasteiger partial charge in [-0.05, 0) is 43.7 Å². The van der Waals surface area contributed by atoms with Gasteiger partial charge in [-0.25, -0.2) is 0 Å². The molecule has 1 saturated carbocycles. The third-order valence-corrected chi connectivity index (χ3v) is 4.75. The minimum absolute atomic E-state index is 0.520. The molecule has 2 heteroatoms. The van der Waals surface area contributed by atoms with E-state index in [0.717, 1.165) is 13.0 Å². The van der Waals surface area contributed by atoms with E-state index in [9.17, 15) is 0 Å². The Kier molecular flexibility index (Phi) is 5.69. The second kappa shape index (κ2) is 8.17. The van der Waals surface area contributed by atoms with Gasteiger partial charge in [0.05, 0.1) is 11.8 Å². The molecule has 0 radical (unpaired) electrons. The van der Waals surface area contributed by atoms with Crippen LogP contribution in [0.4, 0.5) is 0 Å². The molecule has 118 valence electrons. The number of nitrogens with one attached hydrogen (secondary N) is 1. The standard InChI is InChI=1S/C20H28N2/c1-4-10-17(11-5-1)20(22-18-12-6-2-7-13-18)16-19-14-8-3-9-15-21-19/h1,4-5,10-11,16,18,21H,2-3,6-9,12-15H2/b19-16-,22-20-. The van der Waals surface area contributed by atoms with Gasteiger partial charge in [0.15, 0.2) is 0 Å². The van der Waals surface area contributed by atoms with Crippen LogP contribution in [0.5, 0.6) is 0 Å². The number of hydrogen-bond acceptors (Lipinski definition) is 2. The first-order chi connectivity index (χ1) is 10.9. The normalized spacial score (nSPS) is 23.1. The lowest BCUT2D eigenvalue weighted by atomic mass is 9.95. The summed E-state index contributed by atoms with van der Waals surface area (Å²) < 4.78 is 0. The van der Waals surface area contributed by atoms with Crippen molar-refractivity contribution in [3.05, 3.63) is 47.7 Å². The van der Waals surface area contributed by atoms with Gasteiger partial charge in [0.2, 0.25) is 0 Å². The maximum atomic E-state index is 5.13. The molecule has 1 N–H and O–H groups in total. The molecule has 0 amide bonds. The van der Waals surface area contributed by atoms with Crippen LogP contribution in [0.15, 0.2) is 47.1 Å². The Morgan fingerprint density at radius 1 is 0.955 bits per heavy atom. The quantitative estimate of drug-likeness (QED) is 0.792. The van der Waals surface area contributed by atoms with E-state index >= 15 is 0 Å². The lowest BCUT2D eigenvalue weighted by Crippen LogP contribution is -2.16. The third-order valence-electron chi connectivity index (χ3n) is 4.75. The highest BCUT2D eigenvalue weighted by Crippen LogP contribution is 2.22. The van der Waals surface area contributed by atoms with Crippen LogP contribution in [0.2, 0.25) is 0 Å². The van der Waals surface area contributed by atoms with Crippen molar-refractivity contribution < 1.29 is 0 Å². The summed E-state index contributed by atoms with van der Waals surface area (Å²) in [5.41, 5.74) is 3.81. The molecule has 2 fully saturated rings. The maximum absolute atomic E-state index is 5.13. The van der Waals surface area contributed by atoms with Gasteiger partial charge >= 0.3 is 0 Å². The molecule has 0 atom stereocenters. The fourth-order valence-electron chi connectivity index (χ4n) is 3.45. The zero-order valence-electron chi connectivity index (χ0n) is 13.6. The minimum Gasteiger partial charge on any atom is -0.388 e. The average Bonchev–Trinajstić information content (AvgIpc) is 2.85. The number of allylic oxidation sites excluding steroid dienone is 2. The first-order valence-electron chi connectivity index (χ1n) is 8.99. The van der Waals surface area contributed by atoms with E-state index < -0.39 is 0 Å². The highest BCUT2D eigenvalue weighted by Gasteiger charge is 2.14. The molecule has 2 nitrogen and oxygen atoms in total. The Bertz CT molecular complexity index is 500. The average molecular weight is 296 g/mol. The van der Waals surface area contributed by atoms with Crippen LogP contribution in [0.1, 0.15) is 63.4 Å². The van der Waals surface area contributed by atoms with Gasteiger partial charge in [0.25, 0.3) is 0 Å². The molecule has 0 spiro atoms. The number of benzene rings is 1. The van der Waals surface area contributed by atoms with Crippen molar-refractivity contribution in [2.75, 3.05) is 6.54 Å². The number of rotatable bonds is 3. The molecular formula is C20H28N2. The molecule has 0 aromatic heterocycles. The predicted octanol–water partition coefficient (Wildman–Crippen LogP) is 4.86. The van der Waals surface area contributed by atoms with Crippen molar-refractivity contribution in [2.24, 2.45) is 4.99 Å². The highest BCUT2D eigenvalue weighted by atomic mass is 14.9. The van der Waals surface area contributed by atoms with E-state index in [-0.39, 0.29) is 0 Å². The first kappa shape index (κ1) is 15.3. The summed E-state index contributed by atoms with van der Waals surface area (Å²) in [6.07, 6.45) is 14.0. The minimum atomic E-state index is 0.520. The second-order valence-electron chi connectivity index (χ2n) is 6.58. The fraction of sp³-hybridized carbons (Fsp3) is 0.550.